The third-order valence-corrected chi connectivity index (χ3v) is 6.03. The Kier molecular flexibility index (Phi) is 4.82. The van der Waals surface area contributed by atoms with Crippen molar-refractivity contribution in [3.05, 3.63) is 105 Å². The van der Waals surface area contributed by atoms with Gasteiger partial charge < -0.3 is 9.15 Å². The van der Waals surface area contributed by atoms with E-state index in [0.717, 1.165) is 11.1 Å². The topological polar surface area (TPSA) is 89.7 Å². The van der Waals surface area contributed by atoms with Crippen LogP contribution in [0.2, 0.25) is 0 Å². The molecule has 0 fully saturated rings. The van der Waals surface area contributed by atoms with Gasteiger partial charge in [0, 0.05) is 6.20 Å². The molecule has 3 heterocycles. The highest BCUT2D eigenvalue weighted by atomic mass is 16.5. The number of pyridine rings is 1. The molecule has 0 saturated carbocycles. The summed E-state index contributed by atoms with van der Waals surface area (Å²) < 4.78 is 10.8. The lowest BCUT2D eigenvalue weighted by Gasteiger charge is -2.24. The molecule has 2 aromatic heterocycles. The van der Waals surface area contributed by atoms with Crippen molar-refractivity contribution in [3.8, 4) is 0 Å². The van der Waals surface area contributed by atoms with Gasteiger partial charge in [-0.3, -0.25) is 14.5 Å². The maximum atomic E-state index is 13.7. The summed E-state index contributed by atoms with van der Waals surface area (Å²) in [5.41, 5.74) is 3.31. The lowest BCUT2D eigenvalue weighted by molar-refractivity contribution is 0.0600. The highest BCUT2D eigenvalue weighted by Crippen LogP contribution is 2.40. The predicted octanol–water partition coefficient (Wildman–Crippen LogP) is 4.34. The zero-order valence-corrected chi connectivity index (χ0v) is 18.3. The summed E-state index contributed by atoms with van der Waals surface area (Å²) in [5, 5.41) is 0.420. The molecule has 1 amide bonds. The Labute approximate surface area is 189 Å². The summed E-state index contributed by atoms with van der Waals surface area (Å²) in [4.78, 5) is 44.9. The second-order valence-electron chi connectivity index (χ2n) is 7.99. The number of esters is 1. The summed E-state index contributed by atoms with van der Waals surface area (Å²) >= 11 is 0. The Morgan fingerprint density at radius 1 is 1.03 bits per heavy atom. The quantitative estimate of drug-likeness (QED) is 0.440. The van der Waals surface area contributed by atoms with Crippen molar-refractivity contribution >= 4 is 28.7 Å². The number of amides is 1. The summed E-state index contributed by atoms with van der Waals surface area (Å²) in [7, 11) is 1.31. The van der Waals surface area contributed by atoms with Crippen molar-refractivity contribution in [2.24, 2.45) is 0 Å². The lowest BCUT2D eigenvalue weighted by Crippen LogP contribution is -2.30. The molecule has 0 spiro atoms. The molecule has 4 aromatic rings. The number of ether oxygens (including phenoxy) is 1. The summed E-state index contributed by atoms with van der Waals surface area (Å²) in [5.74, 6) is -0.513. The van der Waals surface area contributed by atoms with Crippen LogP contribution in [0.4, 0.5) is 5.82 Å². The second-order valence-corrected chi connectivity index (χ2v) is 7.99. The number of fused-ring (bicyclic) bond motifs is 2. The van der Waals surface area contributed by atoms with Crippen molar-refractivity contribution in [1.29, 1.82) is 0 Å². The van der Waals surface area contributed by atoms with E-state index in [1.807, 2.05) is 13.8 Å². The molecular weight excluding hydrogens is 420 g/mol. The minimum atomic E-state index is -0.753. The first-order chi connectivity index (χ1) is 15.9. The van der Waals surface area contributed by atoms with Crippen LogP contribution in [0.15, 0.2) is 70.0 Å². The predicted molar refractivity (Wildman–Crippen MR) is 123 cm³/mol. The lowest BCUT2D eigenvalue weighted by atomic mass is 9.96. The average molecular weight is 440 g/mol. The summed E-state index contributed by atoms with van der Waals surface area (Å²) in [6, 6.07) is 14.7. The van der Waals surface area contributed by atoms with Crippen molar-refractivity contribution in [3.63, 3.8) is 0 Å². The van der Waals surface area contributed by atoms with Crippen LogP contribution in [0.3, 0.4) is 0 Å². The number of benzene rings is 2. The maximum absolute atomic E-state index is 13.7. The van der Waals surface area contributed by atoms with Crippen molar-refractivity contribution in [2.45, 2.75) is 19.9 Å². The van der Waals surface area contributed by atoms with E-state index in [-0.39, 0.29) is 16.8 Å². The fraction of sp³-hybridized carbons (Fsp3) is 0.154. The van der Waals surface area contributed by atoms with Crippen LogP contribution in [0, 0.1) is 13.8 Å². The minimum Gasteiger partial charge on any atom is -0.465 e. The first-order valence-corrected chi connectivity index (χ1v) is 10.4. The van der Waals surface area contributed by atoms with E-state index < -0.39 is 17.9 Å². The van der Waals surface area contributed by atoms with Gasteiger partial charge in [-0.05, 0) is 66.9 Å². The van der Waals surface area contributed by atoms with Crippen LogP contribution >= 0.6 is 0 Å². The number of rotatable bonds is 3. The van der Waals surface area contributed by atoms with Crippen molar-refractivity contribution < 1.29 is 18.7 Å². The molecule has 5 rings (SSSR count). The molecule has 7 heteroatoms. The van der Waals surface area contributed by atoms with E-state index in [1.165, 1.54) is 12.0 Å². The SMILES string of the molecule is COC(=O)c1ccc(C2c3c(oc4cc(C)c(C)cc4c3=O)C(=O)N2c2ccccn2)cc1. The molecule has 1 aliphatic heterocycles. The van der Waals surface area contributed by atoms with Crippen LogP contribution in [-0.4, -0.2) is 24.0 Å². The van der Waals surface area contributed by atoms with Crippen molar-refractivity contribution in [1.82, 2.24) is 4.98 Å². The van der Waals surface area contributed by atoms with Gasteiger partial charge in [0.15, 0.2) is 5.43 Å². The fourth-order valence-corrected chi connectivity index (χ4v) is 4.20. The normalized spacial score (nSPS) is 15.1. The summed E-state index contributed by atoms with van der Waals surface area (Å²) in [6.45, 7) is 3.85. The molecule has 0 aliphatic carbocycles. The van der Waals surface area contributed by atoms with E-state index in [4.69, 9.17) is 9.15 Å². The smallest absolute Gasteiger partial charge is 0.337 e. The highest BCUT2D eigenvalue weighted by Gasteiger charge is 2.44. The monoisotopic (exact) mass is 440 g/mol. The third-order valence-electron chi connectivity index (χ3n) is 6.03. The molecule has 0 radical (unpaired) electrons. The average Bonchev–Trinajstić information content (AvgIpc) is 3.13. The fourth-order valence-electron chi connectivity index (χ4n) is 4.20. The van der Waals surface area contributed by atoms with E-state index in [1.54, 1.807) is 60.8 Å². The number of aryl methyl sites for hydroxylation is 2. The number of hydrogen-bond donors (Lipinski definition) is 0. The molecule has 2 aromatic carbocycles. The molecule has 164 valence electrons. The zero-order valence-electron chi connectivity index (χ0n) is 18.3. The van der Waals surface area contributed by atoms with E-state index in [9.17, 15) is 14.4 Å². The molecule has 0 N–H and O–H groups in total. The summed E-state index contributed by atoms with van der Waals surface area (Å²) in [6.07, 6.45) is 1.58. The van der Waals surface area contributed by atoms with Crippen LogP contribution in [0.1, 0.15) is 49.2 Å². The van der Waals surface area contributed by atoms with Crippen LogP contribution in [-0.2, 0) is 4.74 Å². The van der Waals surface area contributed by atoms with Gasteiger partial charge in [-0.1, -0.05) is 18.2 Å². The number of hydrogen-bond acceptors (Lipinski definition) is 6. The number of carbonyl (C=O) groups excluding carboxylic acids is 2. The van der Waals surface area contributed by atoms with Gasteiger partial charge in [0.25, 0.3) is 5.91 Å². The molecule has 7 nitrogen and oxygen atoms in total. The highest BCUT2D eigenvalue weighted by molar-refractivity contribution is 6.10. The molecule has 0 bridgehead atoms. The number of methoxy groups -OCH3 is 1. The van der Waals surface area contributed by atoms with Gasteiger partial charge in [0.2, 0.25) is 5.76 Å². The van der Waals surface area contributed by atoms with E-state index in [0.29, 0.717) is 27.9 Å². The van der Waals surface area contributed by atoms with Crippen LogP contribution in [0.5, 0.6) is 0 Å². The Morgan fingerprint density at radius 2 is 1.76 bits per heavy atom. The molecule has 33 heavy (non-hydrogen) atoms. The third kappa shape index (κ3) is 3.20. The van der Waals surface area contributed by atoms with E-state index in [2.05, 4.69) is 4.98 Å². The minimum absolute atomic E-state index is 0.00319. The van der Waals surface area contributed by atoms with Gasteiger partial charge >= 0.3 is 5.97 Å². The molecule has 1 aliphatic rings. The zero-order chi connectivity index (χ0) is 23.3. The molecular formula is C26H20N2O5. The second kappa shape index (κ2) is 7.70. The Bertz CT molecular complexity index is 1470. The van der Waals surface area contributed by atoms with Gasteiger partial charge in [-0.15, -0.1) is 0 Å². The number of aromatic nitrogens is 1. The van der Waals surface area contributed by atoms with Crippen LogP contribution in [0.25, 0.3) is 11.0 Å². The first kappa shape index (κ1) is 20.6. The van der Waals surface area contributed by atoms with E-state index >= 15 is 0 Å². The number of anilines is 1. The standard InChI is InChI=1S/C26H20N2O5/c1-14-12-18-19(13-15(14)2)33-24-21(23(18)29)22(16-7-9-17(10-8-16)26(31)32-3)28(25(24)30)20-6-4-5-11-27-20/h4-13,22H,1-3H3. The first-order valence-electron chi connectivity index (χ1n) is 10.4. The maximum Gasteiger partial charge on any atom is 0.337 e. The van der Waals surface area contributed by atoms with Crippen LogP contribution < -0.4 is 10.3 Å². The number of nitrogens with zero attached hydrogens (tertiary/aromatic N) is 2. The largest absolute Gasteiger partial charge is 0.465 e. The molecule has 0 saturated heterocycles. The van der Waals surface area contributed by atoms with Gasteiger partial charge in [-0.25, -0.2) is 9.78 Å². The van der Waals surface area contributed by atoms with Gasteiger partial charge in [-0.2, -0.15) is 0 Å². The Hall–Kier alpha value is -4.26. The number of carbonyl (C=O) groups is 2. The Morgan fingerprint density at radius 3 is 2.42 bits per heavy atom. The molecule has 1 unspecified atom stereocenters. The van der Waals surface area contributed by atoms with Gasteiger partial charge in [0.1, 0.15) is 11.4 Å². The molecule has 1 atom stereocenters. The van der Waals surface area contributed by atoms with Gasteiger partial charge in [0.05, 0.1) is 29.7 Å². The Balaban J connectivity index is 1.77. The van der Waals surface area contributed by atoms with Crippen molar-refractivity contribution in [2.75, 3.05) is 12.0 Å².